The Bertz CT molecular complexity index is 1200. The minimum absolute atomic E-state index is 0.206. The molecule has 2 aromatic carbocycles. The molecule has 3 rings (SSSR count). The molecule has 0 unspecified atom stereocenters. The summed E-state index contributed by atoms with van der Waals surface area (Å²) in [6, 6.07) is 10.9. The van der Waals surface area contributed by atoms with E-state index >= 15 is 0 Å². The van der Waals surface area contributed by atoms with Gasteiger partial charge in [-0.25, -0.2) is 18.0 Å². The van der Waals surface area contributed by atoms with Crippen LogP contribution in [-0.4, -0.2) is 49.6 Å². The monoisotopic (exact) mass is 481 g/mol. The highest BCUT2D eigenvalue weighted by molar-refractivity contribution is 7.91. The van der Waals surface area contributed by atoms with Crippen molar-refractivity contribution < 1.29 is 41.1 Å². The molecule has 13 heteroatoms. The molecule has 0 aromatic heterocycles. The highest BCUT2D eigenvalue weighted by atomic mass is 32.2. The highest BCUT2D eigenvalue weighted by Crippen LogP contribution is 2.27. The van der Waals surface area contributed by atoms with E-state index in [9.17, 15) is 36.4 Å². The van der Waals surface area contributed by atoms with Crippen LogP contribution in [0.2, 0.25) is 0 Å². The Hall–Kier alpha value is -3.87. The third-order valence-electron chi connectivity index (χ3n) is 4.77. The predicted octanol–water partition coefficient (Wildman–Crippen LogP) is 1.34. The molecule has 0 spiro atoms. The number of carbonyl (C=O) groups excluding carboxylic acids is 4. The lowest BCUT2D eigenvalue weighted by atomic mass is 9.92. The van der Waals surface area contributed by atoms with Crippen LogP contribution in [-0.2, 0) is 29.7 Å². The van der Waals surface area contributed by atoms with Gasteiger partial charge in [-0.2, -0.15) is 13.8 Å². The van der Waals surface area contributed by atoms with Crippen LogP contribution >= 0.6 is 0 Å². The van der Waals surface area contributed by atoms with E-state index in [1.165, 1.54) is 6.92 Å². The van der Waals surface area contributed by atoms with Gasteiger partial charge in [0.25, 0.3) is 11.8 Å². The van der Waals surface area contributed by atoms with Gasteiger partial charge in [-0.15, -0.1) is 0 Å². The van der Waals surface area contributed by atoms with Gasteiger partial charge in [0, 0.05) is 0 Å². The molecule has 174 valence electrons. The summed E-state index contributed by atoms with van der Waals surface area (Å²) in [5.74, 6) is -6.43. The fraction of sp³-hybridized carbons (Fsp3) is 0.200. The fourth-order valence-electron chi connectivity index (χ4n) is 2.96. The van der Waals surface area contributed by atoms with E-state index in [4.69, 9.17) is 4.74 Å². The molecule has 1 aliphatic rings. The third kappa shape index (κ3) is 4.67. The molecule has 0 saturated carbocycles. The summed E-state index contributed by atoms with van der Waals surface area (Å²) in [6.45, 7) is 0.585. The van der Waals surface area contributed by atoms with Crippen molar-refractivity contribution in [3.05, 3.63) is 65.7 Å². The second kappa shape index (κ2) is 8.94. The van der Waals surface area contributed by atoms with Crippen molar-refractivity contribution in [1.29, 1.82) is 0 Å². The number of rotatable bonds is 7. The van der Waals surface area contributed by atoms with Crippen LogP contribution in [0.3, 0.4) is 0 Å². The van der Waals surface area contributed by atoms with Crippen molar-refractivity contribution in [3.8, 4) is 0 Å². The van der Waals surface area contributed by atoms with E-state index in [0.717, 1.165) is 24.3 Å². The van der Waals surface area contributed by atoms with Gasteiger partial charge in [0.1, 0.15) is 5.54 Å². The zero-order valence-corrected chi connectivity index (χ0v) is 17.8. The van der Waals surface area contributed by atoms with Crippen LogP contribution in [0.25, 0.3) is 0 Å². The zero-order valence-electron chi connectivity index (χ0n) is 16.9. The number of imide groups is 1. The molecule has 0 radical (unpaired) electrons. The molecule has 2 aromatic rings. The smallest absolute Gasteiger partial charge is 0.344 e. The van der Waals surface area contributed by atoms with Crippen molar-refractivity contribution in [2.75, 3.05) is 6.61 Å². The summed E-state index contributed by atoms with van der Waals surface area (Å²) in [6.07, 6.45) is 0. The van der Waals surface area contributed by atoms with Gasteiger partial charge in [0.15, 0.2) is 6.61 Å². The van der Waals surface area contributed by atoms with Gasteiger partial charge >= 0.3 is 17.8 Å². The summed E-state index contributed by atoms with van der Waals surface area (Å²) >= 11 is 0. The second-order valence-electron chi connectivity index (χ2n) is 7.00. The molecule has 4 amide bonds. The highest BCUT2D eigenvalue weighted by Gasteiger charge is 2.50. The summed E-state index contributed by atoms with van der Waals surface area (Å²) in [7, 11) is -4.82. The first-order valence-corrected chi connectivity index (χ1v) is 10.8. The molecule has 33 heavy (non-hydrogen) atoms. The van der Waals surface area contributed by atoms with Gasteiger partial charge in [-0.1, -0.05) is 30.3 Å². The minimum atomic E-state index is -4.82. The molecular formula is C20H17F2N3O7S. The number of sulfone groups is 1. The number of benzene rings is 2. The van der Waals surface area contributed by atoms with Gasteiger partial charge in [0.05, 0.1) is 10.5 Å². The average Bonchev–Trinajstić information content (AvgIpc) is 3.01. The summed E-state index contributed by atoms with van der Waals surface area (Å²) in [5, 5.41) is 2.95. The normalized spacial score (nSPS) is 18.2. The Morgan fingerprint density at radius 2 is 1.70 bits per heavy atom. The molecular weight excluding hydrogens is 464 g/mol. The Balaban J connectivity index is 1.60. The third-order valence-corrected chi connectivity index (χ3v) is 6.16. The van der Waals surface area contributed by atoms with Crippen molar-refractivity contribution >= 4 is 33.7 Å². The first-order chi connectivity index (χ1) is 15.5. The number of ether oxygens (including phenoxy) is 1. The number of esters is 1. The van der Waals surface area contributed by atoms with E-state index in [1.54, 1.807) is 30.3 Å². The molecule has 1 atom stereocenters. The molecule has 10 nitrogen and oxygen atoms in total. The molecule has 1 fully saturated rings. The maximum Gasteiger partial charge on any atom is 0.344 e. The molecule has 2 N–H and O–H groups in total. The molecule has 1 aliphatic heterocycles. The Morgan fingerprint density at radius 1 is 1.09 bits per heavy atom. The lowest BCUT2D eigenvalue weighted by Gasteiger charge is -2.22. The lowest BCUT2D eigenvalue weighted by Crippen LogP contribution is -2.49. The Morgan fingerprint density at radius 3 is 2.27 bits per heavy atom. The van der Waals surface area contributed by atoms with Crippen LogP contribution in [0.1, 0.15) is 22.8 Å². The maximum atomic E-state index is 12.7. The molecule has 0 aliphatic carbocycles. The molecule has 0 bridgehead atoms. The summed E-state index contributed by atoms with van der Waals surface area (Å²) < 4.78 is 52.7. The number of carbonyl (C=O) groups is 4. The van der Waals surface area contributed by atoms with E-state index in [1.807, 2.05) is 5.43 Å². The fourth-order valence-corrected chi connectivity index (χ4v) is 3.68. The van der Waals surface area contributed by atoms with Crippen molar-refractivity contribution in [2.24, 2.45) is 0 Å². The quantitative estimate of drug-likeness (QED) is 0.449. The van der Waals surface area contributed by atoms with Crippen molar-refractivity contribution in [1.82, 2.24) is 15.8 Å². The van der Waals surface area contributed by atoms with Gasteiger partial charge in [-0.3, -0.25) is 15.0 Å². The first kappa shape index (κ1) is 23.8. The average molecular weight is 481 g/mol. The van der Waals surface area contributed by atoms with Gasteiger partial charge < -0.3 is 10.1 Å². The first-order valence-electron chi connectivity index (χ1n) is 9.28. The SMILES string of the molecule is C[C@]1(c2ccccc2)NC(=O)N(NC(=O)COC(=O)c2ccc(S(=O)(=O)C(F)F)cc2)C1=O. The number of nitrogens with zero attached hydrogens (tertiary/aromatic N) is 1. The summed E-state index contributed by atoms with van der Waals surface area (Å²) in [5.41, 5.74) is 0.914. The zero-order chi connectivity index (χ0) is 24.4. The number of alkyl halides is 2. The largest absolute Gasteiger partial charge is 0.452 e. The van der Waals surface area contributed by atoms with E-state index in [-0.39, 0.29) is 5.56 Å². The number of urea groups is 1. The molecule has 1 heterocycles. The number of halogens is 2. The van der Waals surface area contributed by atoms with Crippen molar-refractivity contribution in [3.63, 3.8) is 0 Å². The summed E-state index contributed by atoms with van der Waals surface area (Å²) in [4.78, 5) is 48.4. The van der Waals surface area contributed by atoms with Crippen LogP contribution in [0.4, 0.5) is 13.6 Å². The van der Waals surface area contributed by atoms with Crippen LogP contribution in [0, 0.1) is 0 Å². The Kier molecular flexibility index (Phi) is 6.44. The van der Waals surface area contributed by atoms with Gasteiger partial charge in [-0.05, 0) is 36.8 Å². The molecule has 1 saturated heterocycles. The number of amides is 4. The second-order valence-corrected chi connectivity index (χ2v) is 8.92. The minimum Gasteiger partial charge on any atom is -0.452 e. The lowest BCUT2D eigenvalue weighted by molar-refractivity contribution is -0.140. The number of hydrogen-bond acceptors (Lipinski definition) is 7. The number of hydrazine groups is 1. The van der Waals surface area contributed by atoms with Crippen LogP contribution in [0.15, 0.2) is 59.5 Å². The van der Waals surface area contributed by atoms with Crippen molar-refractivity contribution in [2.45, 2.75) is 23.1 Å². The van der Waals surface area contributed by atoms with Crippen LogP contribution < -0.4 is 10.7 Å². The van der Waals surface area contributed by atoms with Crippen LogP contribution in [0.5, 0.6) is 0 Å². The predicted molar refractivity (Wildman–Crippen MR) is 107 cm³/mol. The number of hydrogen-bond donors (Lipinski definition) is 2. The van der Waals surface area contributed by atoms with Gasteiger partial charge in [0.2, 0.25) is 9.84 Å². The number of nitrogens with one attached hydrogen (secondary N) is 2. The standard InChI is InChI=1S/C20H17F2N3O7S/c1-20(13-5-3-2-4-6-13)17(28)25(19(29)23-20)24-15(26)11-32-16(27)12-7-9-14(10-8-12)33(30,31)18(21)22/h2-10,18H,11H2,1H3,(H,23,29)(H,24,26)/t20-/m1/s1. The van der Waals surface area contributed by atoms with E-state index < -0.39 is 56.5 Å². The maximum absolute atomic E-state index is 12.7. The Labute approximate surface area is 186 Å². The van der Waals surface area contributed by atoms with E-state index in [2.05, 4.69) is 5.32 Å². The van der Waals surface area contributed by atoms with E-state index in [0.29, 0.717) is 10.6 Å². The topological polar surface area (TPSA) is 139 Å².